The molecule has 21 heavy (non-hydrogen) atoms. The molecule has 1 heterocycles. The summed E-state index contributed by atoms with van der Waals surface area (Å²) in [4.78, 5) is 0. The highest BCUT2D eigenvalue weighted by molar-refractivity contribution is 7.88. The van der Waals surface area contributed by atoms with Crippen LogP contribution in [0, 0.1) is 0 Å². The minimum atomic E-state index is -3.28. The molecule has 2 rings (SSSR count). The van der Waals surface area contributed by atoms with Crippen molar-refractivity contribution in [3.05, 3.63) is 30.3 Å². The topological polar surface area (TPSA) is 102 Å². The summed E-state index contributed by atoms with van der Waals surface area (Å²) < 4.78 is 26.7. The fourth-order valence-corrected chi connectivity index (χ4v) is 2.95. The number of sulfonamides is 1. The van der Waals surface area contributed by atoms with Gasteiger partial charge in [-0.1, -0.05) is 23.3 Å². The first-order valence-electron chi connectivity index (χ1n) is 6.33. The summed E-state index contributed by atoms with van der Waals surface area (Å²) >= 11 is 0. The molecule has 9 heteroatoms. The predicted molar refractivity (Wildman–Crippen MR) is 79.7 cm³/mol. The van der Waals surface area contributed by atoms with E-state index in [0.717, 1.165) is 11.9 Å². The summed E-state index contributed by atoms with van der Waals surface area (Å²) in [6.07, 6.45) is 1.13. The van der Waals surface area contributed by atoms with Crippen molar-refractivity contribution in [2.45, 2.75) is 19.4 Å². The lowest BCUT2D eigenvalue weighted by atomic mass is 10.1. The van der Waals surface area contributed by atoms with Crippen LogP contribution in [0.1, 0.15) is 13.8 Å². The van der Waals surface area contributed by atoms with Gasteiger partial charge >= 0.3 is 0 Å². The fraction of sp³-hybridized carbons (Fsp3) is 0.417. The Morgan fingerprint density at radius 1 is 1.24 bits per heavy atom. The third-order valence-corrected chi connectivity index (χ3v) is 3.54. The highest BCUT2D eigenvalue weighted by atomic mass is 32.2. The van der Waals surface area contributed by atoms with E-state index in [0.29, 0.717) is 12.5 Å². The average Bonchev–Trinajstić information content (AvgIpc) is 2.83. The molecular weight excluding hydrogens is 292 g/mol. The third-order valence-electron chi connectivity index (χ3n) is 2.62. The number of benzene rings is 1. The van der Waals surface area contributed by atoms with Gasteiger partial charge in [-0.15, -0.1) is 0 Å². The first kappa shape index (κ1) is 15.4. The first-order chi connectivity index (χ1) is 9.77. The second kappa shape index (κ2) is 5.78. The summed E-state index contributed by atoms with van der Waals surface area (Å²) in [5.41, 5.74) is 0.153. The molecule has 114 valence electrons. The van der Waals surface area contributed by atoms with E-state index in [9.17, 15) is 8.42 Å². The number of nitrogens with zero attached hydrogens (tertiary/aromatic N) is 4. The zero-order valence-corrected chi connectivity index (χ0v) is 12.9. The lowest BCUT2D eigenvalue weighted by Gasteiger charge is -2.25. The molecule has 0 saturated carbocycles. The van der Waals surface area contributed by atoms with E-state index in [1.165, 1.54) is 0 Å². The molecule has 0 spiro atoms. The molecule has 0 aliphatic carbocycles. The van der Waals surface area contributed by atoms with E-state index in [1.807, 2.05) is 30.3 Å². The van der Waals surface area contributed by atoms with Gasteiger partial charge in [-0.3, -0.25) is 0 Å². The Balaban J connectivity index is 2.10. The number of anilines is 1. The maximum atomic E-state index is 11.3. The standard InChI is InChI=1S/C12H18N6O2S/c1-12(2,15-21(3,19)20)9-13-11-14-16-17-18(11)10-7-5-4-6-8-10/h4-8,15H,9H2,1-3H3,(H,13,14,17). The summed E-state index contributed by atoms with van der Waals surface area (Å²) in [6.45, 7) is 3.89. The summed E-state index contributed by atoms with van der Waals surface area (Å²) in [5.74, 6) is 0.449. The quantitative estimate of drug-likeness (QED) is 0.801. The number of hydrogen-bond donors (Lipinski definition) is 2. The van der Waals surface area contributed by atoms with Crippen LogP contribution in [0.25, 0.3) is 5.69 Å². The Kier molecular flexibility index (Phi) is 4.24. The van der Waals surface area contributed by atoms with Gasteiger partial charge in [-0.2, -0.15) is 4.68 Å². The Bertz CT molecular complexity index is 696. The first-order valence-corrected chi connectivity index (χ1v) is 8.23. The zero-order chi connectivity index (χ0) is 15.5. The van der Waals surface area contributed by atoms with E-state index >= 15 is 0 Å². The smallest absolute Gasteiger partial charge is 0.247 e. The maximum absolute atomic E-state index is 11.3. The number of rotatable bonds is 6. The van der Waals surface area contributed by atoms with Crippen LogP contribution in [0.2, 0.25) is 0 Å². The van der Waals surface area contributed by atoms with Gasteiger partial charge in [0, 0.05) is 12.1 Å². The zero-order valence-electron chi connectivity index (χ0n) is 12.1. The van der Waals surface area contributed by atoms with Gasteiger partial charge in [0.15, 0.2) is 0 Å². The molecule has 0 bridgehead atoms. The molecule has 0 aliphatic rings. The molecule has 0 fully saturated rings. The molecule has 0 aliphatic heterocycles. The second-order valence-corrected chi connectivity index (χ2v) is 7.11. The van der Waals surface area contributed by atoms with Gasteiger partial charge in [0.2, 0.25) is 16.0 Å². The molecule has 0 saturated heterocycles. The SMILES string of the molecule is CC(C)(CNc1nnnn1-c1ccccc1)NS(C)(=O)=O. The number of para-hydroxylation sites is 1. The second-order valence-electron chi connectivity index (χ2n) is 5.36. The largest absolute Gasteiger partial charge is 0.351 e. The van der Waals surface area contributed by atoms with E-state index in [1.54, 1.807) is 18.5 Å². The van der Waals surface area contributed by atoms with Crippen LogP contribution in [0.4, 0.5) is 5.95 Å². The maximum Gasteiger partial charge on any atom is 0.247 e. The molecule has 2 N–H and O–H groups in total. The van der Waals surface area contributed by atoms with Crippen LogP contribution in [-0.2, 0) is 10.0 Å². The van der Waals surface area contributed by atoms with Gasteiger partial charge < -0.3 is 5.32 Å². The molecule has 0 unspecified atom stereocenters. The van der Waals surface area contributed by atoms with E-state index < -0.39 is 15.6 Å². The Morgan fingerprint density at radius 3 is 2.52 bits per heavy atom. The number of tetrazole rings is 1. The number of nitrogens with one attached hydrogen (secondary N) is 2. The van der Waals surface area contributed by atoms with Crippen LogP contribution in [0.5, 0.6) is 0 Å². The van der Waals surface area contributed by atoms with Crippen LogP contribution in [-0.4, -0.2) is 47.0 Å². The fourth-order valence-electron chi connectivity index (χ4n) is 1.88. The average molecular weight is 310 g/mol. The van der Waals surface area contributed by atoms with Gasteiger partial charge in [-0.05, 0) is 36.4 Å². The summed E-state index contributed by atoms with van der Waals surface area (Å²) in [7, 11) is -3.28. The highest BCUT2D eigenvalue weighted by Crippen LogP contribution is 2.12. The minimum Gasteiger partial charge on any atom is -0.351 e. The molecule has 2 aromatic rings. The lowest BCUT2D eigenvalue weighted by Crippen LogP contribution is -2.48. The van der Waals surface area contributed by atoms with E-state index in [2.05, 4.69) is 25.6 Å². The Labute approximate surface area is 123 Å². The lowest BCUT2D eigenvalue weighted by molar-refractivity contribution is 0.475. The van der Waals surface area contributed by atoms with Gasteiger partial charge in [0.25, 0.3) is 0 Å². The van der Waals surface area contributed by atoms with Gasteiger partial charge in [-0.25, -0.2) is 13.1 Å². The Hall–Kier alpha value is -2.00. The monoisotopic (exact) mass is 310 g/mol. The van der Waals surface area contributed by atoms with Crippen molar-refractivity contribution in [2.24, 2.45) is 0 Å². The summed E-state index contributed by atoms with van der Waals surface area (Å²) in [5, 5.41) is 14.5. The van der Waals surface area contributed by atoms with Crippen LogP contribution >= 0.6 is 0 Å². The van der Waals surface area contributed by atoms with Crippen molar-refractivity contribution in [3.8, 4) is 5.69 Å². The van der Waals surface area contributed by atoms with Crippen molar-refractivity contribution in [1.29, 1.82) is 0 Å². The van der Waals surface area contributed by atoms with Gasteiger partial charge in [0.1, 0.15) is 0 Å². The molecule has 0 amide bonds. The predicted octanol–water partition coefficient (Wildman–Crippen LogP) is 0.402. The number of aromatic nitrogens is 4. The molecule has 1 aromatic heterocycles. The van der Waals surface area contributed by atoms with Gasteiger partial charge in [0.05, 0.1) is 11.9 Å². The number of hydrogen-bond acceptors (Lipinski definition) is 6. The molecule has 8 nitrogen and oxygen atoms in total. The van der Waals surface area contributed by atoms with Crippen LogP contribution < -0.4 is 10.0 Å². The molecule has 0 radical (unpaired) electrons. The van der Waals surface area contributed by atoms with Crippen molar-refractivity contribution < 1.29 is 8.42 Å². The molecular formula is C12H18N6O2S. The normalized spacial score (nSPS) is 12.3. The van der Waals surface area contributed by atoms with E-state index in [-0.39, 0.29) is 0 Å². The highest BCUT2D eigenvalue weighted by Gasteiger charge is 2.23. The Morgan fingerprint density at radius 2 is 1.90 bits per heavy atom. The van der Waals surface area contributed by atoms with E-state index in [4.69, 9.17) is 0 Å². The molecule has 0 atom stereocenters. The minimum absolute atomic E-state index is 0.341. The van der Waals surface area contributed by atoms with Crippen LogP contribution in [0.3, 0.4) is 0 Å². The third kappa shape index (κ3) is 4.50. The van der Waals surface area contributed by atoms with Crippen molar-refractivity contribution in [1.82, 2.24) is 24.9 Å². The van der Waals surface area contributed by atoms with Crippen LogP contribution in [0.15, 0.2) is 30.3 Å². The summed E-state index contributed by atoms with van der Waals surface area (Å²) in [6, 6.07) is 9.43. The van der Waals surface area contributed by atoms with Crippen molar-refractivity contribution in [2.75, 3.05) is 18.1 Å². The van der Waals surface area contributed by atoms with Crippen molar-refractivity contribution >= 4 is 16.0 Å². The van der Waals surface area contributed by atoms with Crippen molar-refractivity contribution in [3.63, 3.8) is 0 Å². The molecule has 1 aromatic carbocycles.